The molecule has 0 aliphatic heterocycles. The third kappa shape index (κ3) is 387. The largest absolute Gasteiger partial charge is 0.396 e. The Morgan fingerprint density at radius 1 is 0.688 bits per heavy atom. The van der Waals surface area contributed by atoms with Crippen molar-refractivity contribution in [2.75, 3.05) is 13.2 Å². The van der Waals surface area contributed by atoms with E-state index in [1.54, 1.807) is 0 Å². The van der Waals surface area contributed by atoms with Gasteiger partial charge in [-0.15, -0.1) is 0 Å². The third-order valence-corrected chi connectivity index (χ3v) is 0.316. The maximum absolute atomic E-state index is 8.74. The fourth-order valence-electron chi connectivity index (χ4n) is 0.0707. The van der Waals surface area contributed by atoms with Gasteiger partial charge in [0.1, 0.15) is 0 Å². The molecule has 0 aromatic rings. The summed E-state index contributed by atoms with van der Waals surface area (Å²) in [4.78, 5) is 0. The smallest absolute Gasteiger partial charge is 0.394 e. The monoisotopic (exact) mass is 295 g/mol. The second-order valence-electron chi connectivity index (χ2n) is 1.70. The molecule has 10 nitrogen and oxygen atoms in total. The minimum atomic E-state index is -4.67. The molecular weight excluding hydrogens is 283 g/mol. The van der Waals surface area contributed by atoms with Crippen LogP contribution in [0.5, 0.6) is 0 Å². The summed E-state index contributed by atoms with van der Waals surface area (Å²) in [7, 11) is -9.33. The van der Waals surface area contributed by atoms with E-state index in [-0.39, 0.29) is 42.8 Å². The molecule has 0 heterocycles. The molecule has 0 atom stereocenters. The molecule has 16 heavy (non-hydrogen) atoms. The Balaban J connectivity index is -0.0000000655. The first-order chi connectivity index (χ1) is 6.41. The van der Waals surface area contributed by atoms with Crippen LogP contribution in [0.1, 0.15) is 6.42 Å². The first-order valence-electron chi connectivity index (χ1n) is 3.03. The van der Waals surface area contributed by atoms with Crippen molar-refractivity contribution in [3.05, 3.63) is 0 Å². The average Bonchev–Trinajstić information content (AvgIpc) is 1.80. The molecule has 0 aromatic carbocycles. The van der Waals surface area contributed by atoms with Crippen molar-refractivity contribution in [3.8, 4) is 0 Å². The van der Waals surface area contributed by atoms with Crippen molar-refractivity contribution in [1.29, 1.82) is 0 Å². The van der Waals surface area contributed by atoms with E-state index in [0.29, 0.717) is 6.42 Å². The molecule has 0 rings (SSSR count). The predicted octanol–water partition coefficient (Wildman–Crippen LogP) is -2.33. The zero-order chi connectivity index (χ0) is 13.1. The number of hydrogen-bond donors (Lipinski definition) is 6. The Morgan fingerprint density at radius 3 is 0.812 bits per heavy atom. The molecule has 0 unspecified atom stereocenters. The van der Waals surface area contributed by atoms with Gasteiger partial charge in [-0.05, 0) is 6.42 Å². The van der Waals surface area contributed by atoms with Crippen molar-refractivity contribution >= 4 is 50.4 Å². The van der Waals surface area contributed by atoms with Crippen molar-refractivity contribution in [2.24, 2.45) is 0 Å². The Bertz CT molecular complexity index is 257. The Kier molecular flexibility index (Phi) is 21.9. The van der Waals surface area contributed by atoms with Crippen molar-refractivity contribution in [2.45, 2.75) is 6.42 Å². The van der Waals surface area contributed by atoms with Gasteiger partial charge in [-0.3, -0.25) is 18.2 Å². The van der Waals surface area contributed by atoms with Gasteiger partial charge in [-0.2, -0.15) is 16.8 Å². The second-order valence-corrected chi connectivity index (χ2v) is 3.49. The summed E-state index contributed by atoms with van der Waals surface area (Å²) in [5, 5.41) is 15.8. The Morgan fingerprint density at radius 2 is 0.812 bits per heavy atom. The van der Waals surface area contributed by atoms with E-state index in [9.17, 15) is 0 Å². The summed E-state index contributed by atoms with van der Waals surface area (Å²) in [6, 6.07) is 0. The van der Waals surface area contributed by atoms with Crippen molar-refractivity contribution in [1.82, 2.24) is 0 Å². The van der Waals surface area contributed by atoms with Crippen LogP contribution in [0, 0.1) is 0 Å². The molecule has 0 aromatic heterocycles. The van der Waals surface area contributed by atoms with E-state index < -0.39 is 20.8 Å². The number of hydrogen-bond acceptors (Lipinski definition) is 6. The van der Waals surface area contributed by atoms with Gasteiger partial charge in [0.2, 0.25) is 0 Å². The van der Waals surface area contributed by atoms with E-state index in [4.69, 9.17) is 45.3 Å². The van der Waals surface area contributed by atoms with Crippen LogP contribution in [0.15, 0.2) is 0 Å². The Labute approximate surface area is 115 Å². The molecule has 0 fully saturated rings. The summed E-state index contributed by atoms with van der Waals surface area (Å²) >= 11 is 0. The molecule has 0 aliphatic carbocycles. The number of aliphatic hydroxyl groups is 2. The zero-order valence-corrected chi connectivity index (χ0v) is 11.9. The van der Waals surface area contributed by atoms with E-state index in [2.05, 4.69) is 0 Å². The van der Waals surface area contributed by atoms with Crippen molar-refractivity contribution in [3.63, 3.8) is 0 Å². The zero-order valence-electron chi connectivity index (χ0n) is 8.25. The van der Waals surface area contributed by atoms with Crippen LogP contribution >= 0.6 is 0 Å². The number of aliphatic hydroxyl groups excluding tert-OH is 2. The van der Waals surface area contributed by atoms with Crippen LogP contribution in [0.4, 0.5) is 0 Å². The quantitative estimate of drug-likeness (QED) is 0.238. The topological polar surface area (TPSA) is 190 Å². The summed E-state index contributed by atoms with van der Waals surface area (Å²) in [5.74, 6) is 0. The molecule has 0 spiro atoms. The third-order valence-electron chi connectivity index (χ3n) is 0.316. The van der Waals surface area contributed by atoms with Crippen LogP contribution in [0.2, 0.25) is 0 Å². The van der Waals surface area contributed by atoms with Gasteiger partial charge < -0.3 is 10.2 Å². The standard InChI is InChI=1S/C3H8O2.Na.2H2O4S/c4-2-1-3-5;;2*1-5(2,3)4/h4-5H,1-3H2;;2*(H2,1,2,3,4). The van der Waals surface area contributed by atoms with E-state index >= 15 is 0 Å². The fourth-order valence-corrected chi connectivity index (χ4v) is 0.0707. The predicted molar refractivity (Wildman–Crippen MR) is 52.9 cm³/mol. The molecule has 0 bridgehead atoms. The summed E-state index contributed by atoms with van der Waals surface area (Å²) < 4.78 is 63.2. The molecule has 0 amide bonds. The van der Waals surface area contributed by atoms with Crippen LogP contribution in [0.3, 0.4) is 0 Å². The van der Waals surface area contributed by atoms with Gasteiger partial charge in [0.15, 0.2) is 0 Å². The first-order valence-corrected chi connectivity index (χ1v) is 5.82. The maximum atomic E-state index is 8.74. The maximum Gasteiger partial charge on any atom is 0.394 e. The van der Waals surface area contributed by atoms with Gasteiger partial charge in [0, 0.05) is 42.8 Å². The summed E-state index contributed by atoms with van der Waals surface area (Å²) in [6.45, 7) is 0.188. The van der Waals surface area contributed by atoms with Crippen LogP contribution in [0.25, 0.3) is 0 Å². The average molecular weight is 295 g/mol. The molecule has 0 aliphatic rings. The molecule has 6 N–H and O–H groups in total. The van der Waals surface area contributed by atoms with Gasteiger partial charge in [0.05, 0.1) is 0 Å². The van der Waals surface area contributed by atoms with E-state index in [1.807, 2.05) is 0 Å². The minimum absolute atomic E-state index is 0. The van der Waals surface area contributed by atoms with Crippen LogP contribution in [-0.2, 0) is 20.8 Å². The molecule has 97 valence electrons. The molecule has 0 saturated carbocycles. The van der Waals surface area contributed by atoms with Gasteiger partial charge >= 0.3 is 20.8 Å². The fraction of sp³-hybridized carbons (Fsp3) is 1.00. The van der Waals surface area contributed by atoms with Crippen LogP contribution < -0.4 is 0 Å². The SMILES string of the molecule is O=S(=O)(O)O.O=S(=O)(O)O.OCCCO.[Na]. The van der Waals surface area contributed by atoms with E-state index in [1.165, 1.54) is 0 Å². The normalized spacial score (nSPS) is 9.88. The van der Waals surface area contributed by atoms with Gasteiger partial charge in [-0.25, -0.2) is 0 Å². The Hall–Kier alpha value is 0.660. The van der Waals surface area contributed by atoms with Crippen LogP contribution in [-0.4, -0.2) is 88.0 Å². The molecule has 13 heteroatoms. The van der Waals surface area contributed by atoms with Gasteiger partial charge in [0.25, 0.3) is 0 Å². The summed E-state index contributed by atoms with van der Waals surface area (Å²) in [5.41, 5.74) is 0. The first kappa shape index (κ1) is 25.5. The molecule has 0 saturated heterocycles. The second kappa shape index (κ2) is 13.7. The molecule has 1 radical (unpaired) electrons. The molecular formula is C3H12NaO10S2. The van der Waals surface area contributed by atoms with E-state index in [0.717, 1.165) is 0 Å². The summed E-state index contributed by atoms with van der Waals surface area (Å²) in [6.07, 6.45) is 0.500. The van der Waals surface area contributed by atoms with Crippen molar-refractivity contribution < 1.29 is 45.3 Å². The number of rotatable bonds is 2. The van der Waals surface area contributed by atoms with Gasteiger partial charge in [-0.1, -0.05) is 0 Å². The minimum Gasteiger partial charge on any atom is -0.396 e.